The number of nitrogens with zero attached hydrogens (tertiary/aromatic N) is 5. The molecule has 9 aromatic carbocycles. The zero-order chi connectivity index (χ0) is 48.8. The fourth-order valence-electron chi connectivity index (χ4n) is 9.82. The van der Waals surface area contributed by atoms with Gasteiger partial charge in [-0.3, -0.25) is 0 Å². The summed E-state index contributed by atoms with van der Waals surface area (Å²) in [5.74, 6) is 0. The SMILES string of the molecule is [2H]c1c([2H])c([2H])c2c(c1[2H])c1c([2H])c([2H])c([2H])c([2H])c1n2-c1ccc2oc3c(-c4cccc(-n5c6ccccc6c6ccc(-c7ccc8c(c7)c7ccccc7n8-c7ccccc7)cc65)c4)ncnc3c2c1. The van der Waals surface area contributed by atoms with Gasteiger partial charge >= 0.3 is 0 Å². The smallest absolute Gasteiger partial charge is 0.180 e. The van der Waals surface area contributed by atoms with Crippen LogP contribution in [0.4, 0.5) is 0 Å². The average Bonchev–Trinajstić information content (AvgIpc) is 4.17. The molecule has 0 fully saturated rings. The molecule has 0 amide bonds. The summed E-state index contributed by atoms with van der Waals surface area (Å²) in [5.41, 5.74) is 11.8. The predicted octanol–water partition coefficient (Wildman–Crippen LogP) is 15.0. The minimum atomic E-state index is -0.496. The van der Waals surface area contributed by atoms with E-state index in [1.165, 1.54) is 21.7 Å². The Balaban J connectivity index is 0.918. The van der Waals surface area contributed by atoms with Crippen molar-refractivity contribution in [2.45, 2.75) is 0 Å². The maximum atomic E-state index is 9.00. The molecular weight excluding hydrogens is 783 g/mol. The van der Waals surface area contributed by atoms with Crippen LogP contribution in [0.3, 0.4) is 0 Å². The Morgan fingerprint density at radius 2 is 0.984 bits per heavy atom. The molecule has 0 unspecified atom stereocenters. The van der Waals surface area contributed by atoms with E-state index in [9.17, 15) is 0 Å². The first-order valence-corrected chi connectivity index (χ1v) is 21.0. The molecule has 0 aliphatic carbocycles. The van der Waals surface area contributed by atoms with Crippen molar-refractivity contribution in [2.75, 3.05) is 0 Å². The number of hydrogen-bond donors (Lipinski definition) is 0. The van der Waals surface area contributed by atoms with E-state index in [0.717, 1.165) is 60.9 Å². The lowest BCUT2D eigenvalue weighted by Crippen LogP contribution is -1.95. The van der Waals surface area contributed by atoms with E-state index in [-0.39, 0.29) is 33.9 Å². The second kappa shape index (κ2) is 13.4. The monoisotopic (exact) mass is 825 g/mol. The summed E-state index contributed by atoms with van der Waals surface area (Å²) < 4.78 is 82.4. The first-order valence-electron chi connectivity index (χ1n) is 25.0. The van der Waals surface area contributed by atoms with E-state index in [2.05, 4.69) is 130 Å². The summed E-state index contributed by atoms with van der Waals surface area (Å²) in [6.45, 7) is 0. The first kappa shape index (κ1) is 28.0. The van der Waals surface area contributed by atoms with Gasteiger partial charge in [-0.2, -0.15) is 0 Å². The number of rotatable bonds is 5. The number of aromatic nitrogens is 5. The van der Waals surface area contributed by atoms with Crippen LogP contribution in [0.15, 0.2) is 217 Å². The second-order valence-electron chi connectivity index (χ2n) is 16.0. The molecule has 14 aromatic rings. The highest BCUT2D eigenvalue weighted by atomic mass is 16.3. The van der Waals surface area contributed by atoms with Crippen LogP contribution >= 0.6 is 0 Å². The molecule has 0 radical (unpaired) electrons. The van der Waals surface area contributed by atoms with Gasteiger partial charge < -0.3 is 18.1 Å². The van der Waals surface area contributed by atoms with Crippen LogP contribution < -0.4 is 0 Å². The number of hydrogen-bond acceptors (Lipinski definition) is 3. The minimum absolute atomic E-state index is 0.00842. The zero-order valence-electron chi connectivity index (χ0n) is 41.7. The first-order chi connectivity index (χ1) is 35.1. The largest absolute Gasteiger partial charge is 0.452 e. The Kier molecular flexibility index (Phi) is 5.85. The molecule has 0 N–H and O–H groups in total. The normalized spacial score (nSPS) is 13.8. The molecule has 0 spiro atoms. The van der Waals surface area contributed by atoms with Crippen LogP contribution in [0, 0.1) is 0 Å². The van der Waals surface area contributed by atoms with E-state index < -0.39 is 36.3 Å². The lowest BCUT2D eigenvalue weighted by molar-refractivity contribution is 0.667. The molecule has 0 aliphatic rings. The van der Waals surface area contributed by atoms with Gasteiger partial charge in [-0.1, -0.05) is 121 Å². The third-order valence-corrected chi connectivity index (χ3v) is 12.6. The van der Waals surface area contributed by atoms with Gasteiger partial charge in [-0.05, 0) is 96.0 Å². The molecule has 5 heterocycles. The molecule has 0 saturated carbocycles. The third-order valence-electron chi connectivity index (χ3n) is 12.6. The van der Waals surface area contributed by atoms with Crippen LogP contribution in [0.25, 0.3) is 127 Å². The van der Waals surface area contributed by atoms with Gasteiger partial charge in [0.1, 0.15) is 23.1 Å². The van der Waals surface area contributed by atoms with Crippen molar-refractivity contribution in [3.05, 3.63) is 212 Å². The van der Waals surface area contributed by atoms with Crippen molar-refractivity contribution in [3.63, 3.8) is 0 Å². The van der Waals surface area contributed by atoms with Crippen molar-refractivity contribution >= 4 is 87.5 Å². The molecule has 0 saturated heterocycles. The maximum absolute atomic E-state index is 9.00. The van der Waals surface area contributed by atoms with Gasteiger partial charge in [0.05, 0.1) is 44.1 Å². The zero-order valence-corrected chi connectivity index (χ0v) is 33.7. The highest BCUT2D eigenvalue weighted by Gasteiger charge is 2.20. The topological polar surface area (TPSA) is 53.7 Å². The van der Waals surface area contributed by atoms with Crippen LogP contribution in [0.1, 0.15) is 11.0 Å². The lowest BCUT2D eigenvalue weighted by atomic mass is 10.0. The molecule has 64 heavy (non-hydrogen) atoms. The van der Waals surface area contributed by atoms with E-state index in [4.69, 9.17) is 25.4 Å². The summed E-state index contributed by atoms with van der Waals surface area (Å²) in [6, 6.07) is 50.8. The lowest BCUT2D eigenvalue weighted by Gasteiger charge is -2.11. The minimum Gasteiger partial charge on any atom is -0.452 e. The van der Waals surface area contributed by atoms with Crippen molar-refractivity contribution in [3.8, 4) is 39.4 Å². The summed E-state index contributed by atoms with van der Waals surface area (Å²) in [6.07, 6.45) is 1.49. The van der Waals surface area contributed by atoms with Crippen molar-refractivity contribution in [1.29, 1.82) is 0 Å². The molecule has 0 bridgehead atoms. The van der Waals surface area contributed by atoms with Crippen LogP contribution in [0.2, 0.25) is 0 Å². The third kappa shape index (κ3) is 5.02. The van der Waals surface area contributed by atoms with Gasteiger partial charge in [0.15, 0.2) is 5.58 Å². The van der Waals surface area contributed by atoms with Gasteiger partial charge in [-0.25, -0.2) is 9.97 Å². The van der Waals surface area contributed by atoms with E-state index in [1.54, 1.807) is 18.2 Å². The fourth-order valence-corrected chi connectivity index (χ4v) is 9.82. The van der Waals surface area contributed by atoms with E-state index in [1.807, 2.05) is 18.2 Å². The maximum Gasteiger partial charge on any atom is 0.180 e. The molecule has 14 rings (SSSR count). The molecule has 0 aliphatic heterocycles. The van der Waals surface area contributed by atoms with Crippen LogP contribution in [0.5, 0.6) is 0 Å². The van der Waals surface area contributed by atoms with Crippen molar-refractivity contribution in [2.24, 2.45) is 0 Å². The van der Waals surface area contributed by atoms with Gasteiger partial charge in [-0.15, -0.1) is 0 Å². The summed E-state index contributed by atoms with van der Waals surface area (Å²) >= 11 is 0. The Morgan fingerprint density at radius 3 is 1.78 bits per heavy atom. The summed E-state index contributed by atoms with van der Waals surface area (Å²) in [5, 5.41) is 5.21. The molecular formula is C58H35N5O. The van der Waals surface area contributed by atoms with Crippen LogP contribution in [-0.2, 0) is 0 Å². The summed E-state index contributed by atoms with van der Waals surface area (Å²) in [4.78, 5) is 9.48. The molecule has 0 atom stereocenters. The predicted molar refractivity (Wildman–Crippen MR) is 263 cm³/mol. The van der Waals surface area contributed by atoms with Gasteiger partial charge in [0, 0.05) is 60.3 Å². The second-order valence-corrected chi connectivity index (χ2v) is 16.0. The van der Waals surface area contributed by atoms with Gasteiger partial charge in [0.25, 0.3) is 0 Å². The Morgan fingerprint density at radius 1 is 0.375 bits per heavy atom. The number of benzene rings is 9. The quantitative estimate of drug-likeness (QED) is 0.174. The Hall–Kier alpha value is -8.74. The Bertz CT molecular complexity index is 4610. The molecule has 6 nitrogen and oxygen atoms in total. The van der Waals surface area contributed by atoms with Crippen molar-refractivity contribution < 1.29 is 15.4 Å². The highest BCUT2D eigenvalue weighted by Crippen LogP contribution is 2.41. The summed E-state index contributed by atoms with van der Waals surface area (Å²) in [7, 11) is 0. The highest BCUT2D eigenvalue weighted by molar-refractivity contribution is 6.14. The Labute approximate surface area is 377 Å². The van der Waals surface area contributed by atoms with Gasteiger partial charge in [0.2, 0.25) is 0 Å². The molecule has 298 valence electrons. The van der Waals surface area contributed by atoms with Crippen molar-refractivity contribution in [1.82, 2.24) is 23.7 Å². The molecule has 5 aromatic heterocycles. The fraction of sp³-hybridized carbons (Fsp3) is 0. The van der Waals surface area contributed by atoms with E-state index >= 15 is 0 Å². The number of furan rings is 1. The molecule has 6 heteroatoms. The average molecular weight is 826 g/mol. The number of para-hydroxylation sites is 5. The van der Waals surface area contributed by atoms with E-state index in [0.29, 0.717) is 33.5 Å². The standard InChI is InChI=1S/C58H35N5O/c1-2-14-39(15-3-1)61-52-24-11-7-20-45(52)47-32-36(26-29-53(47)61)37-25-28-46-44-19-6-10-23-51(44)63(54(46)33-37)40-16-12-13-38(31-40)56-58-57(60-35-59-56)48-34-41(27-30-55(48)64-58)62-49-21-8-4-17-42(49)43-18-5-9-22-50(43)62/h1-35H/i4D,5D,8D,9D,17D,18D,21D,22D. The number of fused-ring (bicyclic) bond motifs is 12. The van der Waals surface area contributed by atoms with Crippen LogP contribution in [-0.4, -0.2) is 23.7 Å².